The fourth-order valence-electron chi connectivity index (χ4n) is 3.95. The van der Waals surface area contributed by atoms with Crippen LogP contribution >= 0.6 is 11.3 Å². The zero-order valence-electron chi connectivity index (χ0n) is 17.9. The van der Waals surface area contributed by atoms with E-state index in [1.807, 2.05) is 41.8 Å². The number of aliphatic hydroxyl groups excluding tert-OH is 2. The molecule has 1 saturated carbocycles. The largest absolute Gasteiger partial charge is 0.390 e. The second kappa shape index (κ2) is 10.3. The Labute approximate surface area is 200 Å². The molecule has 2 aromatic heterocycles. The molecule has 34 heavy (non-hydrogen) atoms. The van der Waals surface area contributed by atoms with Crippen LogP contribution in [0.4, 0.5) is 5.82 Å². The monoisotopic (exact) mass is 504 g/mol. The highest BCUT2D eigenvalue weighted by Gasteiger charge is 2.42. The van der Waals surface area contributed by atoms with Crippen molar-refractivity contribution in [1.82, 2.24) is 9.97 Å². The van der Waals surface area contributed by atoms with E-state index in [2.05, 4.69) is 19.5 Å². The quantitative estimate of drug-likeness (QED) is 0.312. The minimum atomic E-state index is -4.17. The van der Waals surface area contributed by atoms with Crippen LogP contribution in [0, 0.1) is 5.92 Å². The Balaban J connectivity index is 1.47. The molecule has 4 atom stereocenters. The number of nitrogens with one attached hydrogen (secondary N) is 1. The first-order valence-electron chi connectivity index (χ1n) is 10.5. The molecule has 12 heteroatoms. The lowest BCUT2D eigenvalue weighted by atomic mass is 10.1. The lowest BCUT2D eigenvalue weighted by Crippen LogP contribution is -2.36. The predicted octanol–water partition coefficient (Wildman–Crippen LogP) is 1.10. The molecular weight excluding hydrogens is 480 g/mol. The zero-order valence-corrected chi connectivity index (χ0v) is 19.6. The summed E-state index contributed by atoms with van der Waals surface area (Å²) in [6.07, 6.45) is 1.08. The Bertz CT molecular complexity index is 1250. The van der Waals surface area contributed by atoms with Crippen LogP contribution in [0.2, 0.25) is 0 Å². The molecule has 3 aromatic rings. The number of nitrogens with zero attached hydrogens (tertiary/aromatic N) is 2. The molecule has 4 rings (SSSR count). The zero-order chi connectivity index (χ0) is 24.3. The van der Waals surface area contributed by atoms with E-state index in [4.69, 9.17) is 5.14 Å². The van der Waals surface area contributed by atoms with Crippen molar-refractivity contribution in [3.63, 3.8) is 0 Å². The van der Waals surface area contributed by atoms with Crippen molar-refractivity contribution in [1.29, 1.82) is 0 Å². The van der Waals surface area contributed by atoms with Gasteiger partial charge in [-0.15, -0.1) is 11.3 Å². The molecule has 0 unspecified atom stereocenters. The van der Waals surface area contributed by atoms with Gasteiger partial charge in [0.2, 0.25) is 5.78 Å². The van der Waals surface area contributed by atoms with Gasteiger partial charge in [-0.3, -0.25) is 8.98 Å². The van der Waals surface area contributed by atoms with Crippen molar-refractivity contribution in [2.45, 2.75) is 31.1 Å². The van der Waals surface area contributed by atoms with E-state index in [9.17, 15) is 23.4 Å². The molecule has 0 aliphatic heterocycles. The third kappa shape index (κ3) is 5.84. The number of ketones is 1. The van der Waals surface area contributed by atoms with Crippen molar-refractivity contribution in [3.05, 3.63) is 75.9 Å². The molecule has 1 aromatic carbocycles. The van der Waals surface area contributed by atoms with Gasteiger partial charge in [-0.05, 0) is 35.4 Å². The summed E-state index contributed by atoms with van der Waals surface area (Å²) in [5.41, 5.74) is 2.37. The van der Waals surface area contributed by atoms with Crippen molar-refractivity contribution in [2.24, 2.45) is 11.1 Å². The summed E-state index contributed by atoms with van der Waals surface area (Å²) in [4.78, 5) is 21.9. The van der Waals surface area contributed by atoms with Gasteiger partial charge in [0.15, 0.2) is 0 Å². The number of carbonyl (C=O) groups is 1. The number of nitrogens with two attached hydrogens (primary N) is 1. The summed E-state index contributed by atoms with van der Waals surface area (Å²) < 4.78 is 26.7. The molecule has 0 amide bonds. The van der Waals surface area contributed by atoms with Crippen molar-refractivity contribution in [2.75, 3.05) is 11.9 Å². The number of benzene rings is 1. The van der Waals surface area contributed by atoms with E-state index in [0.717, 1.165) is 11.1 Å². The summed E-state index contributed by atoms with van der Waals surface area (Å²) in [7, 11) is -4.17. The molecule has 10 nitrogen and oxygen atoms in total. The molecule has 0 bridgehead atoms. The van der Waals surface area contributed by atoms with Gasteiger partial charge in [-0.25, -0.2) is 15.1 Å². The minimum absolute atomic E-state index is 0.176. The molecule has 180 valence electrons. The van der Waals surface area contributed by atoms with E-state index in [1.165, 1.54) is 23.9 Å². The van der Waals surface area contributed by atoms with E-state index in [1.54, 1.807) is 0 Å². The summed E-state index contributed by atoms with van der Waals surface area (Å²) in [6, 6.07) is 11.1. The van der Waals surface area contributed by atoms with Gasteiger partial charge in [-0.1, -0.05) is 30.3 Å². The first-order valence-corrected chi connectivity index (χ1v) is 12.8. The summed E-state index contributed by atoms with van der Waals surface area (Å²) in [6.45, 7) is -0.371. The first-order chi connectivity index (χ1) is 16.2. The lowest BCUT2D eigenvalue weighted by molar-refractivity contribution is 0.00778. The molecule has 1 aliphatic carbocycles. The van der Waals surface area contributed by atoms with Gasteiger partial charge in [-0.2, -0.15) is 8.42 Å². The van der Waals surface area contributed by atoms with Gasteiger partial charge in [0.1, 0.15) is 18.2 Å². The first kappa shape index (κ1) is 24.4. The fraction of sp³-hybridized carbons (Fsp3) is 0.318. The van der Waals surface area contributed by atoms with Crippen LogP contribution in [0.5, 0.6) is 0 Å². The molecule has 0 spiro atoms. The number of anilines is 1. The van der Waals surface area contributed by atoms with Crippen LogP contribution in [0.3, 0.4) is 0 Å². The SMILES string of the molecule is NS(=O)(=O)OC[C@H]1C[C@@H](Nc2ncncc2C(=O)c2cc(Cc3ccccc3)cs2)[C@H](O)[C@@H]1O. The van der Waals surface area contributed by atoms with E-state index < -0.39 is 34.5 Å². The summed E-state index contributed by atoms with van der Waals surface area (Å²) >= 11 is 1.33. The maximum atomic E-state index is 13.2. The predicted molar refractivity (Wildman–Crippen MR) is 126 cm³/mol. The Kier molecular flexibility index (Phi) is 7.36. The number of aliphatic hydroxyl groups is 2. The van der Waals surface area contributed by atoms with Crippen LogP contribution < -0.4 is 10.5 Å². The Morgan fingerprint density at radius 3 is 2.71 bits per heavy atom. The Morgan fingerprint density at radius 1 is 1.21 bits per heavy atom. The number of thiophene rings is 1. The third-order valence-electron chi connectivity index (χ3n) is 5.66. The maximum Gasteiger partial charge on any atom is 0.333 e. The second-order valence-corrected chi connectivity index (χ2v) is 10.2. The van der Waals surface area contributed by atoms with E-state index in [0.29, 0.717) is 11.3 Å². The number of hydrogen-bond acceptors (Lipinski definition) is 10. The molecule has 0 saturated heterocycles. The standard InChI is InChI=1S/C22H24N4O6S2/c23-34(30,31)32-10-15-8-17(21(29)19(15)27)26-22-16(9-24-12-25-22)20(28)18-7-14(11-33-18)6-13-4-2-1-3-5-13/h1-5,7,9,11-12,15,17,19,21,27,29H,6,8,10H2,(H2,23,30,31)(H,24,25,26)/t15-,17-,19-,21+/m1/s1. The molecule has 2 heterocycles. The molecular formula is C22H24N4O6S2. The van der Waals surface area contributed by atoms with Crippen molar-refractivity contribution >= 4 is 33.2 Å². The Morgan fingerprint density at radius 2 is 1.97 bits per heavy atom. The lowest BCUT2D eigenvalue weighted by Gasteiger charge is -2.19. The van der Waals surface area contributed by atoms with Crippen LogP contribution in [-0.4, -0.2) is 59.2 Å². The number of rotatable bonds is 9. The average Bonchev–Trinajstić information content (AvgIpc) is 3.38. The topological polar surface area (TPSA) is 165 Å². The highest BCUT2D eigenvalue weighted by molar-refractivity contribution is 7.84. The summed E-state index contributed by atoms with van der Waals surface area (Å²) in [5, 5.41) is 30.5. The van der Waals surface area contributed by atoms with Gasteiger partial charge in [0.25, 0.3) is 0 Å². The van der Waals surface area contributed by atoms with Crippen molar-refractivity contribution in [3.8, 4) is 0 Å². The Hall–Kier alpha value is -2.74. The second-order valence-electron chi connectivity index (χ2n) is 8.10. The highest BCUT2D eigenvalue weighted by atomic mass is 32.2. The molecule has 1 fully saturated rings. The van der Waals surface area contributed by atoms with E-state index >= 15 is 0 Å². The maximum absolute atomic E-state index is 13.2. The van der Waals surface area contributed by atoms with Gasteiger partial charge in [0, 0.05) is 12.1 Å². The normalized spacial score (nSPS) is 22.6. The number of aromatic nitrogens is 2. The van der Waals surface area contributed by atoms with Crippen LogP contribution in [0.25, 0.3) is 0 Å². The summed E-state index contributed by atoms with van der Waals surface area (Å²) in [5.74, 6) is -0.735. The van der Waals surface area contributed by atoms with Crippen LogP contribution in [-0.2, 0) is 20.9 Å². The number of carbonyl (C=O) groups excluding carboxylic acids is 1. The number of hydrogen-bond donors (Lipinski definition) is 4. The van der Waals surface area contributed by atoms with Crippen LogP contribution in [0.15, 0.2) is 54.3 Å². The molecule has 1 aliphatic rings. The molecule has 0 radical (unpaired) electrons. The minimum Gasteiger partial charge on any atom is -0.390 e. The smallest absolute Gasteiger partial charge is 0.333 e. The van der Waals surface area contributed by atoms with Crippen LogP contribution in [0.1, 0.15) is 32.8 Å². The molecule has 5 N–H and O–H groups in total. The highest BCUT2D eigenvalue weighted by Crippen LogP contribution is 2.31. The fourth-order valence-corrected chi connectivity index (χ4v) is 5.18. The third-order valence-corrected chi connectivity index (χ3v) is 7.10. The van der Waals surface area contributed by atoms with Gasteiger partial charge < -0.3 is 15.5 Å². The average molecular weight is 505 g/mol. The van der Waals surface area contributed by atoms with Gasteiger partial charge >= 0.3 is 10.3 Å². The van der Waals surface area contributed by atoms with E-state index in [-0.39, 0.29) is 30.2 Å². The van der Waals surface area contributed by atoms with Crippen molar-refractivity contribution < 1.29 is 27.6 Å². The van der Waals surface area contributed by atoms with Gasteiger partial charge in [0.05, 0.1) is 29.2 Å².